The van der Waals surface area contributed by atoms with E-state index in [0.717, 1.165) is 4.90 Å². The van der Waals surface area contributed by atoms with Gasteiger partial charge in [0.05, 0.1) is 16.5 Å². The van der Waals surface area contributed by atoms with Gasteiger partial charge >= 0.3 is 0 Å². The Balaban J connectivity index is 2.52. The molecule has 0 radical (unpaired) electrons. The highest BCUT2D eigenvalue weighted by molar-refractivity contribution is 9.10. The summed E-state index contributed by atoms with van der Waals surface area (Å²) in [6.45, 7) is -0.240. The Morgan fingerprint density at radius 3 is 2.59 bits per heavy atom. The van der Waals surface area contributed by atoms with Crippen LogP contribution < -0.4 is 9.64 Å². The van der Waals surface area contributed by atoms with E-state index in [9.17, 15) is 23.3 Å². The number of amides is 1. The Bertz CT molecular complexity index is 753. The van der Waals surface area contributed by atoms with E-state index >= 15 is 0 Å². The van der Waals surface area contributed by atoms with Crippen LogP contribution in [0.4, 0.5) is 11.4 Å². The summed E-state index contributed by atoms with van der Waals surface area (Å²) < 4.78 is 28.1. The van der Waals surface area contributed by atoms with Gasteiger partial charge < -0.3 is 9.64 Å². The van der Waals surface area contributed by atoms with E-state index in [1.807, 2.05) is 0 Å². The third-order valence-electron chi connectivity index (χ3n) is 3.22. The molecule has 1 aromatic rings. The number of benzene rings is 1. The molecule has 11 heteroatoms. The van der Waals surface area contributed by atoms with E-state index in [2.05, 4.69) is 15.9 Å². The number of nitrogens with zero attached hydrogens (tertiary/aromatic N) is 2. The average Bonchev–Trinajstić information content (AvgIpc) is 2.80. The van der Waals surface area contributed by atoms with Crippen molar-refractivity contribution in [2.45, 2.75) is 11.7 Å². The molecule has 1 aromatic carbocycles. The number of rotatable bonds is 4. The Kier molecular flexibility index (Phi) is 4.64. The molecule has 1 heterocycles. The summed E-state index contributed by atoms with van der Waals surface area (Å²) in [7, 11) is 2.71. The SMILES string of the molecule is COc1cc(N2CC(S(=O)(=O)Cl)CC2=O)c([N+](=O)[O-])cc1Br. The van der Waals surface area contributed by atoms with Gasteiger partial charge in [-0.1, -0.05) is 0 Å². The van der Waals surface area contributed by atoms with Crippen LogP contribution in [0, 0.1) is 10.1 Å². The molecule has 2 rings (SSSR count). The van der Waals surface area contributed by atoms with E-state index in [4.69, 9.17) is 15.4 Å². The minimum atomic E-state index is -3.93. The highest BCUT2D eigenvalue weighted by Crippen LogP contribution is 2.40. The number of carbonyl (C=O) groups excluding carboxylic acids is 1. The summed E-state index contributed by atoms with van der Waals surface area (Å²) in [5, 5.41) is 10.1. The third kappa shape index (κ3) is 3.18. The lowest BCUT2D eigenvalue weighted by Crippen LogP contribution is -2.27. The zero-order valence-electron chi connectivity index (χ0n) is 11.2. The van der Waals surface area contributed by atoms with E-state index in [1.54, 1.807) is 0 Å². The summed E-state index contributed by atoms with van der Waals surface area (Å²) in [6, 6.07) is 2.51. The predicted octanol–water partition coefficient (Wildman–Crippen LogP) is 2.04. The average molecular weight is 414 g/mol. The van der Waals surface area contributed by atoms with Crippen molar-refractivity contribution in [3.8, 4) is 5.75 Å². The summed E-state index contributed by atoms with van der Waals surface area (Å²) in [5.74, 6) is -0.271. The molecule has 22 heavy (non-hydrogen) atoms. The largest absolute Gasteiger partial charge is 0.495 e. The molecule has 1 aliphatic heterocycles. The van der Waals surface area contributed by atoms with Gasteiger partial charge in [0, 0.05) is 35.8 Å². The molecule has 1 unspecified atom stereocenters. The zero-order chi connectivity index (χ0) is 16.7. The molecule has 0 N–H and O–H groups in total. The lowest BCUT2D eigenvalue weighted by molar-refractivity contribution is -0.384. The molecule has 0 bridgehead atoms. The number of ether oxygens (including phenoxy) is 1. The molecule has 1 fully saturated rings. The van der Waals surface area contributed by atoms with Crippen LogP contribution in [0.5, 0.6) is 5.75 Å². The fraction of sp³-hybridized carbons (Fsp3) is 0.364. The van der Waals surface area contributed by atoms with Crippen molar-refractivity contribution in [2.75, 3.05) is 18.6 Å². The molecule has 120 valence electrons. The summed E-state index contributed by atoms with van der Waals surface area (Å²) in [4.78, 5) is 23.6. The highest BCUT2D eigenvalue weighted by atomic mass is 79.9. The first kappa shape index (κ1) is 17.0. The molecule has 0 spiro atoms. The minimum absolute atomic E-state index is 0.0298. The van der Waals surface area contributed by atoms with Gasteiger partial charge in [-0.15, -0.1) is 0 Å². The van der Waals surface area contributed by atoms with E-state index < -0.39 is 25.1 Å². The van der Waals surface area contributed by atoms with Gasteiger partial charge in [0.15, 0.2) is 0 Å². The van der Waals surface area contributed by atoms with Gasteiger partial charge in [0.25, 0.3) is 5.69 Å². The predicted molar refractivity (Wildman–Crippen MR) is 82.9 cm³/mol. The quantitative estimate of drug-likeness (QED) is 0.425. The fourth-order valence-electron chi connectivity index (χ4n) is 2.15. The van der Waals surface area contributed by atoms with Gasteiger partial charge in [-0.2, -0.15) is 0 Å². The second-order valence-corrected chi connectivity index (χ2v) is 8.30. The number of anilines is 1. The van der Waals surface area contributed by atoms with Crippen LogP contribution in [0.15, 0.2) is 16.6 Å². The number of nitro benzene ring substituents is 1. The molecule has 8 nitrogen and oxygen atoms in total. The number of halogens is 2. The second-order valence-electron chi connectivity index (χ2n) is 4.54. The monoisotopic (exact) mass is 412 g/mol. The van der Waals surface area contributed by atoms with Gasteiger partial charge in [-0.3, -0.25) is 14.9 Å². The van der Waals surface area contributed by atoms with E-state index in [0.29, 0.717) is 4.47 Å². The van der Waals surface area contributed by atoms with Gasteiger partial charge in [-0.25, -0.2) is 8.42 Å². The molecule has 1 saturated heterocycles. The minimum Gasteiger partial charge on any atom is -0.495 e. The van der Waals surface area contributed by atoms with Crippen molar-refractivity contribution in [1.29, 1.82) is 0 Å². The Labute approximate surface area is 138 Å². The maximum atomic E-state index is 12.0. The Morgan fingerprint density at radius 2 is 2.14 bits per heavy atom. The number of nitro groups is 1. The topological polar surface area (TPSA) is 107 Å². The first-order valence-electron chi connectivity index (χ1n) is 5.91. The zero-order valence-corrected chi connectivity index (χ0v) is 14.3. The van der Waals surface area contributed by atoms with Crippen LogP contribution in [0.3, 0.4) is 0 Å². The Hall–Kier alpha value is -1.39. The molecule has 0 aliphatic carbocycles. The van der Waals surface area contributed by atoms with Gasteiger partial charge in [-0.05, 0) is 15.9 Å². The normalized spacial score (nSPS) is 18.6. The number of methoxy groups -OCH3 is 1. The van der Waals surface area contributed by atoms with Crippen LogP contribution in [0.25, 0.3) is 0 Å². The van der Waals surface area contributed by atoms with E-state index in [-0.39, 0.29) is 30.1 Å². The smallest absolute Gasteiger partial charge is 0.294 e. The Morgan fingerprint density at radius 1 is 1.50 bits per heavy atom. The van der Waals surface area contributed by atoms with Crippen molar-refractivity contribution < 1.29 is 22.9 Å². The molecule has 0 aromatic heterocycles. The summed E-state index contributed by atoms with van der Waals surface area (Å²) in [6.07, 6.45) is -0.318. The summed E-state index contributed by atoms with van der Waals surface area (Å²) >= 11 is 3.13. The number of hydrogen-bond acceptors (Lipinski definition) is 6. The van der Waals surface area contributed by atoms with Gasteiger partial charge in [0.2, 0.25) is 15.0 Å². The molecular formula is C11H10BrClN2O6S. The van der Waals surface area contributed by atoms with Crippen molar-refractivity contribution in [3.63, 3.8) is 0 Å². The molecule has 1 atom stereocenters. The second kappa shape index (κ2) is 6.01. The summed E-state index contributed by atoms with van der Waals surface area (Å²) in [5.41, 5.74) is -0.369. The van der Waals surface area contributed by atoms with Crippen molar-refractivity contribution in [2.24, 2.45) is 0 Å². The third-order valence-corrected chi connectivity index (χ3v) is 5.71. The standard InChI is InChI=1S/C11H10BrClN2O6S/c1-21-10-4-8(9(15(17)18)3-7(10)12)14-5-6(2-11(14)16)22(13,19)20/h3-4,6H,2,5H2,1H3. The van der Waals surface area contributed by atoms with Crippen molar-refractivity contribution in [1.82, 2.24) is 0 Å². The fourth-order valence-corrected chi connectivity index (χ4v) is 3.67. The van der Waals surface area contributed by atoms with Crippen LogP contribution >= 0.6 is 26.6 Å². The first-order valence-corrected chi connectivity index (χ1v) is 9.07. The maximum absolute atomic E-state index is 12.0. The van der Waals surface area contributed by atoms with Gasteiger partial charge in [0.1, 0.15) is 16.7 Å². The van der Waals surface area contributed by atoms with Crippen molar-refractivity contribution >= 4 is 52.9 Å². The van der Waals surface area contributed by atoms with Crippen molar-refractivity contribution in [3.05, 3.63) is 26.7 Å². The van der Waals surface area contributed by atoms with Crippen LogP contribution in [-0.4, -0.2) is 38.2 Å². The van der Waals surface area contributed by atoms with Crippen LogP contribution in [0.1, 0.15) is 6.42 Å². The lowest BCUT2D eigenvalue weighted by atomic mass is 10.2. The molecular weight excluding hydrogens is 404 g/mol. The molecule has 1 aliphatic rings. The first-order chi connectivity index (χ1) is 10.1. The highest BCUT2D eigenvalue weighted by Gasteiger charge is 2.40. The maximum Gasteiger partial charge on any atom is 0.294 e. The lowest BCUT2D eigenvalue weighted by Gasteiger charge is -2.17. The number of hydrogen-bond donors (Lipinski definition) is 0. The number of carbonyl (C=O) groups is 1. The van der Waals surface area contributed by atoms with Crippen LogP contribution in [0.2, 0.25) is 0 Å². The van der Waals surface area contributed by atoms with E-state index in [1.165, 1.54) is 19.2 Å². The molecule has 0 saturated carbocycles. The van der Waals surface area contributed by atoms with Crippen LogP contribution in [-0.2, 0) is 13.8 Å². The molecule has 1 amide bonds.